The molecule has 3 aliphatic heterocycles. The van der Waals surface area contributed by atoms with E-state index in [1.165, 1.54) is 19.3 Å². The number of rotatable bonds is 8. The van der Waals surface area contributed by atoms with E-state index in [1.54, 1.807) is 23.5 Å². The first-order chi connectivity index (χ1) is 17.7. The highest BCUT2D eigenvalue weighted by atomic mass is 32.2. The van der Waals surface area contributed by atoms with Crippen molar-refractivity contribution in [1.82, 2.24) is 19.0 Å². The minimum atomic E-state index is -3.70. The van der Waals surface area contributed by atoms with Gasteiger partial charge < -0.3 is 14.4 Å². The van der Waals surface area contributed by atoms with Crippen molar-refractivity contribution in [3.05, 3.63) is 23.3 Å². The minimum Gasteiger partial charge on any atom is -0.497 e. The Hall–Kier alpha value is -1.72. The zero-order chi connectivity index (χ0) is 26.6. The molecule has 0 bridgehead atoms. The number of nitrogens with zero attached hydrogens (tertiary/aromatic N) is 4. The van der Waals surface area contributed by atoms with Crippen LogP contribution in [0.15, 0.2) is 17.0 Å². The zero-order valence-corrected chi connectivity index (χ0v) is 23.8. The van der Waals surface area contributed by atoms with Crippen LogP contribution in [0.25, 0.3) is 0 Å². The van der Waals surface area contributed by atoms with Crippen LogP contribution in [0.4, 0.5) is 0 Å². The highest BCUT2D eigenvalue weighted by Crippen LogP contribution is 2.32. The van der Waals surface area contributed by atoms with Gasteiger partial charge in [-0.2, -0.15) is 4.31 Å². The van der Waals surface area contributed by atoms with Crippen LogP contribution in [-0.4, -0.2) is 112 Å². The Kier molecular flexibility index (Phi) is 9.50. The van der Waals surface area contributed by atoms with Gasteiger partial charge in [0.05, 0.1) is 24.8 Å². The number of piperidine rings is 2. The lowest BCUT2D eigenvalue weighted by Crippen LogP contribution is -2.57. The third-order valence-corrected chi connectivity index (χ3v) is 10.4. The van der Waals surface area contributed by atoms with Crippen LogP contribution in [0, 0.1) is 13.8 Å². The molecule has 3 aliphatic rings. The Morgan fingerprint density at radius 1 is 0.946 bits per heavy atom. The molecule has 3 fully saturated rings. The molecule has 1 unspecified atom stereocenters. The maximum absolute atomic E-state index is 13.7. The zero-order valence-electron chi connectivity index (χ0n) is 22.9. The summed E-state index contributed by atoms with van der Waals surface area (Å²) in [5.41, 5.74) is 1.35. The third-order valence-electron chi connectivity index (χ3n) is 8.17. The number of aryl methyl sites for hydroxylation is 2. The fourth-order valence-corrected chi connectivity index (χ4v) is 8.27. The van der Waals surface area contributed by atoms with Gasteiger partial charge in [-0.1, -0.05) is 6.42 Å². The predicted molar refractivity (Wildman–Crippen MR) is 143 cm³/mol. The SMILES string of the molecule is COc1cc(C)c(S(=O)(=O)N2CCCC[C@H]2COCC(=O)N2CCN(C3CCCCN3C)CC2)c(C)c1. The molecule has 0 N–H and O–H groups in total. The fraction of sp³-hybridized carbons (Fsp3) is 0.741. The number of carbonyl (C=O) groups is 1. The van der Waals surface area contributed by atoms with Gasteiger partial charge in [-0.05, 0) is 82.8 Å². The molecule has 3 heterocycles. The van der Waals surface area contributed by atoms with E-state index in [2.05, 4.69) is 16.8 Å². The van der Waals surface area contributed by atoms with Gasteiger partial charge in [0, 0.05) is 38.8 Å². The number of amides is 1. The number of ether oxygens (including phenoxy) is 2. The molecule has 3 saturated heterocycles. The number of hydrogen-bond acceptors (Lipinski definition) is 7. The van der Waals surface area contributed by atoms with E-state index < -0.39 is 10.0 Å². The van der Waals surface area contributed by atoms with Gasteiger partial charge in [0.25, 0.3) is 0 Å². The highest BCUT2D eigenvalue weighted by molar-refractivity contribution is 7.89. The van der Waals surface area contributed by atoms with Crippen LogP contribution in [0.2, 0.25) is 0 Å². The molecular formula is C27H44N4O5S. The molecule has 0 aromatic heterocycles. The van der Waals surface area contributed by atoms with E-state index in [4.69, 9.17) is 9.47 Å². The van der Waals surface area contributed by atoms with Crippen molar-refractivity contribution >= 4 is 15.9 Å². The number of piperazine rings is 1. The predicted octanol–water partition coefficient (Wildman–Crippen LogP) is 2.46. The van der Waals surface area contributed by atoms with Crippen LogP contribution in [-0.2, 0) is 19.6 Å². The molecule has 0 spiro atoms. The van der Waals surface area contributed by atoms with Crippen molar-refractivity contribution in [2.75, 3.05) is 66.6 Å². The molecule has 1 amide bonds. The maximum atomic E-state index is 13.7. The molecule has 4 rings (SSSR count). The first-order valence-corrected chi connectivity index (χ1v) is 15.1. The molecular weight excluding hydrogens is 492 g/mol. The van der Waals surface area contributed by atoms with E-state index in [9.17, 15) is 13.2 Å². The Labute approximate surface area is 222 Å². The summed E-state index contributed by atoms with van der Waals surface area (Å²) in [5, 5.41) is 0. The van der Waals surface area contributed by atoms with Crippen LogP contribution in [0.5, 0.6) is 5.75 Å². The van der Waals surface area contributed by atoms with Gasteiger partial charge in [-0.3, -0.25) is 14.6 Å². The quantitative estimate of drug-likeness (QED) is 0.505. The molecule has 0 radical (unpaired) electrons. The first kappa shape index (κ1) is 28.3. The lowest BCUT2D eigenvalue weighted by molar-refractivity contribution is -0.139. The largest absolute Gasteiger partial charge is 0.497 e. The van der Waals surface area contributed by atoms with E-state index >= 15 is 0 Å². The molecule has 0 saturated carbocycles. The number of sulfonamides is 1. The van der Waals surface area contributed by atoms with Crippen LogP contribution in [0.3, 0.4) is 0 Å². The van der Waals surface area contributed by atoms with Gasteiger partial charge >= 0.3 is 0 Å². The summed E-state index contributed by atoms with van der Waals surface area (Å²) < 4.78 is 40.2. The van der Waals surface area contributed by atoms with E-state index in [0.717, 1.165) is 38.9 Å². The van der Waals surface area contributed by atoms with E-state index in [0.29, 0.717) is 47.6 Å². The normalized spacial score (nSPS) is 24.8. The molecule has 9 nitrogen and oxygen atoms in total. The van der Waals surface area contributed by atoms with Crippen molar-refractivity contribution in [2.45, 2.75) is 69.5 Å². The summed E-state index contributed by atoms with van der Waals surface area (Å²) in [6.45, 7) is 8.65. The van der Waals surface area contributed by atoms with Crippen molar-refractivity contribution < 1.29 is 22.7 Å². The highest BCUT2D eigenvalue weighted by Gasteiger charge is 2.36. The average Bonchev–Trinajstić information content (AvgIpc) is 2.88. The molecule has 1 aromatic rings. The molecule has 37 heavy (non-hydrogen) atoms. The number of likely N-dealkylation sites (tertiary alicyclic amines) is 1. The summed E-state index contributed by atoms with van der Waals surface area (Å²) in [6, 6.07) is 3.26. The minimum absolute atomic E-state index is 0.00564. The van der Waals surface area contributed by atoms with Crippen molar-refractivity contribution in [2.24, 2.45) is 0 Å². The standard InChI is InChI=1S/C27H44N4O5S/c1-21-17-24(35-4)18-22(2)27(21)37(33,34)31-12-8-5-9-23(31)19-36-20-26(32)30-15-13-29(14-16-30)25-10-6-7-11-28(25)3/h17-18,23,25H,5-16,19-20H2,1-4H3/t23-,25?/m0/s1. The van der Waals surface area contributed by atoms with Crippen molar-refractivity contribution in [3.8, 4) is 5.75 Å². The third kappa shape index (κ3) is 6.47. The summed E-state index contributed by atoms with van der Waals surface area (Å²) in [7, 11) is 0.0788. The molecule has 2 atom stereocenters. The molecule has 10 heteroatoms. The summed E-state index contributed by atoms with van der Waals surface area (Å²) >= 11 is 0. The van der Waals surface area contributed by atoms with Gasteiger partial charge in [0.2, 0.25) is 15.9 Å². The van der Waals surface area contributed by atoms with Gasteiger partial charge in [0.15, 0.2) is 0 Å². The lowest BCUT2D eigenvalue weighted by atomic mass is 10.1. The molecule has 208 valence electrons. The number of methoxy groups -OCH3 is 1. The second-order valence-electron chi connectivity index (χ2n) is 10.7. The van der Waals surface area contributed by atoms with Crippen molar-refractivity contribution in [3.63, 3.8) is 0 Å². The van der Waals surface area contributed by atoms with Crippen LogP contribution >= 0.6 is 0 Å². The Balaban J connectivity index is 1.31. The first-order valence-electron chi connectivity index (χ1n) is 13.7. The second-order valence-corrected chi connectivity index (χ2v) is 12.6. The van der Waals surface area contributed by atoms with Crippen LogP contribution < -0.4 is 4.74 Å². The van der Waals surface area contributed by atoms with E-state index in [-0.39, 0.29) is 25.2 Å². The van der Waals surface area contributed by atoms with Crippen molar-refractivity contribution in [1.29, 1.82) is 0 Å². The number of benzene rings is 1. The monoisotopic (exact) mass is 536 g/mol. The Morgan fingerprint density at radius 2 is 1.59 bits per heavy atom. The lowest BCUT2D eigenvalue weighted by Gasteiger charge is -2.44. The average molecular weight is 537 g/mol. The summed E-state index contributed by atoms with van der Waals surface area (Å²) in [4.78, 5) is 20.0. The number of hydrogen-bond donors (Lipinski definition) is 0. The number of carbonyl (C=O) groups excluding carboxylic acids is 1. The van der Waals surface area contributed by atoms with Gasteiger partial charge in [-0.25, -0.2) is 8.42 Å². The molecule has 1 aromatic carbocycles. The van der Waals surface area contributed by atoms with Crippen LogP contribution in [0.1, 0.15) is 49.7 Å². The van der Waals surface area contributed by atoms with E-state index in [1.807, 2.05) is 18.7 Å². The van der Waals surface area contributed by atoms with Gasteiger partial charge in [-0.15, -0.1) is 0 Å². The summed E-state index contributed by atoms with van der Waals surface area (Å²) in [5.74, 6) is 0.640. The maximum Gasteiger partial charge on any atom is 0.248 e. The topological polar surface area (TPSA) is 82.6 Å². The molecule has 0 aliphatic carbocycles. The van der Waals surface area contributed by atoms with Gasteiger partial charge in [0.1, 0.15) is 12.4 Å². The second kappa shape index (κ2) is 12.4. The fourth-order valence-electron chi connectivity index (χ4n) is 6.17. The Bertz CT molecular complexity index is 1020. The summed E-state index contributed by atoms with van der Waals surface area (Å²) in [6.07, 6.45) is 6.73. The smallest absolute Gasteiger partial charge is 0.248 e. The Morgan fingerprint density at radius 3 is 2.24 bits per heavy atom.